The SMILES string of the molecule is CC(C)(C)c1cc(OC(=O)NC(=O)O)c(I)c(C(C)(C)C)c1[N+](=O)[O-]. The van der Waals surface area contributed by atoms with Crippen LogP contribution in [-0.2, 0) is 10.8 Å². The number of rotatable bonds is 2. The van der Waals surface area contributed by atoms with Crippen molar-refractivity contribution in [2.45, 2.75) is 52.4 Å². The molecule has 0 unspecified atom stereocenters. The maximum Gasteiger partial charge on any atom is 0.422 e. The molecule has 0 aliphatic rings. The summed E-state index contributed by atoms with van der Waals surface area (Å²) >= 11 is 1.88. The van der Waals surface area contributed by atoms with Crippen molar-refractivity contribution in [2.75, 3.05) is 0 Å². The molecule has 0 bridgehead atoms. The van der Waals surface area contributed by atoms with Crippen LogP contribution in [0.3, 0.4) is 0 Å². The van der Waals surface area contributed by atoms with Crippen LogP contribution in [0.5, 0.6) is 5.75 Å². The topological polar surface area (TPSA) is 119 Å². The summed E-state index contributed by atoms with van der Waals surface area (Å²) in [6.45, 7) is 10.9. The number of benzene rings is 1. The Balaban J connectivity index is 3.75. The van der Waals surface area contributed by atoms with Crippen LogP contribution in [0, 0.1) is 13.7 Å². The molecule has 2 N–H and O–H groups in total. The minimum Gasteiger partial charge on any atom is -0.465 e. The minimum atomic E-state index is -1.55. The van der Waals surface area contributed by atoms with E-state index < -0.39 is 27.9 Å². The van der Waals surface area contributed by atoms with Gasteiger partial charge >= 0.3 is 12.2 Å². The summed E-state index contributed by atoms with van der Waals surface area (Å²) in [7, 11) is 0. The van der Waals surface area contributed by atoms with Crippen LogP contribution >= 0.6 is 22.6 Å². The Morgan fingerprint density at radius 2 is 1.72 bits per heavy atom. The van der Waals surface area contributed by atoms with Crippen LogP contribution in [0.15, 0.2) is 6.07 Å². The molecular weight excluding hydrogens is 443 g/mol. The number of nitrogens with zero attached hydrogens (tertiary/aromatic N) is 1. The Morgan fingerprint density at radius 3 is 2.08 bits per heavy atom. The van der Waals surface area contributed by atoms with Crippen LogP contribution < -0.4 is 10.1 Å². The number of hydrogen-bond acceptors (Lipinski definition) is 5. The number of carboxylic acid groups (broad SMARTS) is 1. The molecule has 0 aliphatic heterocycles. The smallest absolute Gasteiger partial charge is 0.422 e. The molecule has 1 aromatic carbocycles. The maximum absolute atomic E-state index is 11.8. The molecule has 0 aromatic heterocycles. The Labute approximate surface area is 159 Å². The second-order valence-corrected chi connectivity index (χ2v) is 8.62. The van der Waals surface area contributed by atoms with Crippen molar-refractivity contribution in [3.63, 3.8) is 0 Å². The molecule has 0 aliphatic carbocycles. The van der Waals surface area contributed by atoms with Crippen molar-refractivity contribution in [1.82, 2.24) is 5.32 Å². The zero-order valence-electron chi connectivity index (χ0n) is 14.9. The van der Waals surface area contributed by atoms with Crippen molar-refractivity contribution in [1.29, 1.82) is 0 Å². The van der Waals surface area contributed by atoms with Crippen LogP contribution in [0.2, 0.25) is 0 Å². The fourth-order valence-electron chi connectivity index (χ4n) is 2.36. The van der Waals surface area contributed by atoms with Crippen LogP contribution in [0.1, 0.15) is 52.7 Å². The van der Waals surface area contributed by atoms with Gasteiger partial charge in [0.25, 0.3) is 5.69 Å². The highest BCUT2D eigenvalue weighted by molar-refractivity contribution is 14.1. The van der Waals surface area contributed by atoms with Crippen molar-refractivity contribution in [3.8, 4) is 5.75 Å². The average Bonchev–Trinajstić information content (AvgIpc) is 2.36. The van der Waals surface area contributed by atoms with E-state index in [1.165, 1.54) is 6.07 Å². The number of nitrogens with one attached hydrogen (secondary N) is 1. The van der Waals surface area contributed by atoms with Crippen molar-refractivity contribution in [3.05, 3.63) is 30.9 Å². The van der Waals surface area contributed by atoms with E-state index in [1.54, 1.807) is 5.32 Å². The highest BCUT2D eigenvalue weighted by Gasteiger charge is 2.37. The molecule has 1 rings (SSSR count). The number of imide groups is 1. The number of hydrogen-bond donors (Lipinski definition) is 2. The summed E-state index contributed by atoms with van der Waals surface area (Å²) in [5.74, 6) is 0.0831. The molecule has 0 atom stereocenters. The number of nitro benzene ring substituents is 1. The fraction of sp³-hybridized carbons (Fsp3) is 0.500. The van der Waals surface area contributed by atoms with Gasteiger partial charge in [-0.05, 0) is 39.5 Å². The van der Waals surface area contributed by atoms with Gasteiger partial charge in [-0.1, -0.05) is 41.5 Å². The number of amides is 2. The van der Waals surface area contributed by atoms with Gasteiger partial charge in [-0.15, -0.1) is 0 Å². The lowest BCUT2D eigenvalue weighted by molar-refractivity contribution is -0.387. The number of halogens is 1. The van der Waals surface area contributed by atoms with E-state index in [2.05, 4.69) is 0 Å². The van der Waals surface area contributed by atoms with E-state index in [0.717, 1.165) is 0 Å². The highest BCUT2D eigenvalue weighted by atomic mass is 127. The van der Waals surface area contributed by atoms with Gasteiger partial charge < -0.3 is 9.84 Å². The molecular formula is C16H21IN2O6. The predicted octanol–water partition coefficient (Wildman–Crippen LogP) is 4.56. The lowest BCUT2D eigenvalue weighted by atomic mass is 9.78. The van der Waals surface area contributed by atoms with Crippen molar-refractivity contribution >= 4 is 40.5 Å². The Morgan fingerprint density at radius 1 is 1.20 bits per heavy atom. The molecule has 2 amide bonds. The van der Waals surface area contributed by atoms with Crippen LogP contribution in [0.4, 0.5) is 15.3 Å². The lowest BCUT2D eigenvalue weighted by Crippen LogP contribution is -2.32. The van der Waals surface area contributed by atoms with E-state index in [0.29, 0.717) is 14.7 Å². The van der Waals surface area contributed by atoms with Gasteiger partial charge in [0.05, 0.1) is 14.1 Å². The summed E-state index contributed by atoms with van der Waals surface area (Å²) in [5, 5.41) is 22.0. The fourth-order valence-corrected chi connectivity index (χ4v) is 3.69. The number of carbonyl (C=O) groups excluding carboxylic acids is 1. The average molecular weight is 464 g/mol. The number of ether oxygens (including phenoxy) is 1. The van der Waals surface area contributed by atoms with Crippen molar-refractivity contribution in [2.24, 2.45) is 0 Å². The predicted molar refractivity (Wildman–Crippen MR) is 100 cm³/mol. The molecule has 9 heteroatoms. The summed E-state index contributed by atoms with van der Waals surface area (Å²) < 4.78 is 5.50. The standard InChI is InChI=1S/C16H21IN2O6/c1-15(2,3)8-7-9(25-14(22)18-13(20)21)11(17)10(16(4,5)6)12(8)19(23)24/h7H,1-6H3,(H,18,22)(H,20,21). The van der Waals surface area contributed by atoms with Gasteiger partial charge in [-0.25, -0.2) is 14.9 Å². The van der Waals surface area contributed by atoms with E-state index in [1.807, 2.05) is 64.1 Å². The summed E-state index contributed by atoms with van der Waals surface area (Å²) in [6.07, 6.45) is -2.71. The molecule has 1 aromatic rings. The molecule has 25 heavy (non-hydrogen) atoms. The van der Waals surface area contributed by atoms with Gasteiger partial charge in [0.1, 0.15) is 5.75 Å². The molecule has 0 saturated carbocycles. The lowest BCUT2D eigenvalue weighted by Gasteiger charge is -2.27. The van der Waals surface area contributed by atoms with Gasteiger partial charge in [0.15, 0.2) is 0 Å². The second kappa shape index (κ2) is 7.14. The van der Waals surface area contributed by atoms with Crippen molar-refractivity contribution < 1.29 is 24.4 Å². The Kier molecular flexibility index (Phi) is 6.04. The largest absolute Gasteiger partial charge is 0.465 e. The third-order valence-electron chi connectivity index (χ3n) is 3.36. The quantitative estimate of drug-likeness (QED) is 0.376. The van der Waals surface area contributed by atoms with E-state index in [9.17, 15) is 19.7 Å². The van der Waals surface area contributed by atoms with Crippen LogP contribution in [0.25, 0.3) is 0 Å². The highest BCUT2D eigenvalue weighted by Crippen LogP contribution is 2.45. The number of nitro groups is 1. The Hall–Kier alpha value is -1.91. The molecule has 0 spiro atoms. The monoisotopic (exact) mass is 464 g/mol. The van der Waals surface area contributed by atoms with Gasteiger partial charge in [-0.2, -0.15) is 0 Å². The van der Waals surface area contributed by atoms with E-state index >= 15 is 0 Å². The molecule has 8 nitrogen and oxygen atoms in total. The first kappa shape index (κ1) is 21.1. The summed E-state index contributed by atoms with van der Waals surface area (Å²) in [6, 6.07) is 1.43. The first-order valence-corrected chi connectivity index (χ1v) is 8.47. The first-order chi connectivity index (χ1) is 11.2. The zero-order valence-corrected chi connectivity index (χ0v) is 17.0. The van der Waals surface area contributed by atoms with Gasteiger partial charge in [0, 0.05) is 5.56 Å². The summed E-state index contributed by atoms with van der Waals surface area (Å²) in [4.78, 5) is 33.6. The normalized spacial score (nSPS) is 11.8. The minimum absolute atomic E-state index is 0.0182. The first-order valence-electron chi connectivity index (χ1n) is 7.40. The molecule has 0 radical (unpaired) electrons. The molecule has 0 saturated heterocycles. The zero-order chi connectivity index (χ0) is 19.7. The number of carbonyl (C=O) groups is 2. The molecule has 0 heterocycles. The van der Waals surface area contributed by atoms with E-state index in [-0.39, 0.29) is 11.4 Å². The third-order valence-corrected chi connectivity index (χ3v) is 4.43. The van der Waals surface area contributed by atoms with Crippen LogP contribution in [-0.4, -0.2) is 22.2 Å². The molecule has 0 fully saturated rings. The second-order valence-electron chi connectivity index (χ2n) is 7.54. The Bertz CT molecular complexity index is 732. The van der Waals surface area contributed by atoms with Gasteiger partial charge in [-0.3, -0.25) is 10.1 Å². The maximum atomic E-state index is 11.8. The third kappa shape index (κ3) is 5.03. The van der Waals surface area contributed by atoms with Gasteiger partial charge in [0.2, 0.25) is 0 Å². The molecule has 138 valence electrons. The summed E-state index contributed by atoms with van der Waals surface area (Å²) in [5.41, 5.74) is -0.365. The van der Waals surface area contributed by atoms with E-state index in [4.69, 9.17) is 9.84 Å².